The van der Waals surface area contributed by atoms with E-state index < -0.39 is 6.29 Å². The Kier molecular flexibility index (Phi) is 4.66. The number of fused-ring (bicyclic) bond motifs is 1. The maximum absolute atomic E-state index is 12.4. The molecule has 1 heterocycles. The summed E-state index contributed by atoms with van der Waals surface area (Å²) in [5.74, 6) is 3.63. The van der Waals surface area contributed by atoms with Crippen molar-refractivity contribution in [3.63, 3.8) is 0 Å². The second-order valence-electron chi connectivity index (χ2n) is 8.75. The van der Waals surface area contributed by atoms with Crippen molar-refractivity contribution in [3.8, 4) is 0 Å². The molecule has 144 valence electrons. The fourth-order valence-corrected chi connectivity index (χ4v) is 5.31. The highest BCUT2D eigenvalue weighted by atomic mass is 35.5. The highest BCUT2D eigenvalue weighted by Crippen LogP contribution is 2.66. The Labute approximate surface area is 164 Å². The summed E-state index contributed by atoms with van der Waals surface area (Å²) in [4.78, 5) is 18.3. The van der Waals surface area contributed by atoms with Crippen molar-refractivity contribution in [3.05, 3.63) is 45.5 Å². The van der Waals surface area contributed by atoms with Crippen LogP contribution in [-0.4, -0.2) is 23.2 Å². The van der Waals surface area contributed by atoms with Gasteiger partial charge in [0, 0.05) is 11.4 Å². The molecule has 3 aliphatic rings. The fourth-order valence-electron chi connectivity index (χ4n) is 5.19. The minimum Gasteiger partial charge on any atom is -0.334 e. The highest BCUT2D eigenvalue weighted by Gasteiger charge is 2.64. The maximum Gasteiger partial charge on any atom is 0.361 e. The van der Waals surface area contributed by atoms with Crippen molar-refractivity contribution in [1.29, 1.82) is 5.41 Å². The first-order valence-corrected chi connectivity index (χ1v) is 10.0. The quantitative estimate of drug-likeness (QED) is 0.733. The molecule has 0 aromatic heterocycles. The van der Waals surface area contributed by atoms with Crippen molar-refractivity contribution in [2.24, 2.45) is 23.2 Å². The number of nitrogens with zero attached hydrogens (tertiary/aromatic N) is 1. The molecule has 2 saturated carbocycles. The predicted octanol–water partition coefficient (Wildman–Crippen LogP) is 5.08. The molecule has 1 aromatic rings. The van der Waals surface area contributed by atoms with Gasteiger partial charge in [-0.1, -0.05) is 44.5 Å². The van der Waals surface area contributed by atoms with Gasteiger partial charge in [-0.2, -0.15) is 4.84 Å². The SMILES string of the molecule is C[C@H]1CC[C@@H]2[C@H]([C@@H]1O[C@H]1C[C@@H](c3ccc(Cl)cc3)C(=C=N)[N+](=O)O1)C2(C)C. The second-order valence-corrected chi connectivity index (χ2v) is 9.19. The van der Waals surface area contributed by atoms with Crippen LogP contribution < -0.4 is 0 Å². The van der Waals surface area contributed by atoms with Gasteiger partial charge in [-0.25, -0.2) is 0 Å². The molecular weight excluding hydrogens is 364 g/mol. The second kappa shape index (κ2) is 6.73. The number of benzene rings is 1. The van der Waals surface area contributed by atoms with E-state index >= 15 is 0 Å². The van der Waals surface area contributed by atoms with E-state index in [9.17, 15) is 4.91 Å². The van der Waals surface area contributed by atoms with Gasteiger partial charge in [0.1, 0.15) is 0 Å². The lowest BCUT2D eigenvalue weighted by atomic mass is 9.87. The Morgan fingerprint density at radius 1 is 1.30 bits per heavy atom. The van der Waals surface area contributed by atoms with Crippen LogP contribution in [0.3, 0.4) is 0 Å². The summed E-state index contributed by atoms with van der Waals surface area (Å²) in [5.41, 5.74) is 1.38. The van der Waals surface area contributed by atoms with Gasteiger partial charge in [0.25, 0.3) is 11.2 Å². The summed E-state index contributed by atoms with van der Waals surface area (Å²) in [5, 5.41) is 8.15. The molecule has 2 aliphatic carbocycles. The molecule has 0 unspecified atom stereocenters. The first kappa shape index (κ1) is 18.7. The monoisotopic (exact) mass is 389 g/mol. The van der Waals surface area contributed by atoms with E-state index in [1.54, 1.807) is 12.1 Å². The Bertz CT molecular complexity index is 800. The van der Waals surface area contributed by atoms with E-state index in [4.69, 9.17) is 26.6 Å². The Hall–Kier alpha value is -1.68. The van der Waals surface area contributed by atoms with E-state index in [0.717, 1.165) is 12.0 Å². The third kappa shape index (κ3) is 3.22. The molecule has 6 heteroatoms. The minimum atomic E-state index is -0.622. The summed E-state index contributed by atoms with van der Waals surface area (Å²) in [6.07, 6.45) is 2.38. The van der Waals surface area contributed by atoms with Gasteiger partial charge in [0.2, 0.25) is 0 Å². The van der Waals surface area contributed by atoms with Crippen molar-refractivity contribution in [2.75, 3.05) is 0 Å². The van der Waals surface area contributed by atoms with Crippen LogP contribution in [0.5, 0.6) is 0 Å². The molecule has 3 fully saturated rings. The molecule has 0 bridgehead atoms. The van der Waals surface area contributed by atoms with Crippen LogP contribution in [0.25, 0.3) is 0 Å². The number of nitrogens with one attached hydrogen (secondary N) is 1. The molecule has 1 saturated heterocycles. The molecular formula is C21H26ClN2O3+. The van der Waals surface area contributed by atoms with Crippen molar-refractivity contribution < 1.29 is 14.5 Å². The first-order chi connectivity index (χ1) is 12.8. The van der Waals surface area contributed by atoms with Crippen LogP contribution in [0.1, 0.15) is 51.5 Å². The molecule has 0 radical (unpaired) electrons. The third-order valence-electron chi connectivity index (χ3n) is 6.86. The summed E-state index contributed by atoms with van der Waals surface area (Å²) < 4.78 is 6.38. The summed E-state index contributed by atoms with van der Waals surface area (Å²) in [7, 11) is 0. The van der Waals surface area contributed by atoms with E-state index in [0.29, 0.717) is 39.5 Å². The Balaban J connectivity index is 1.55. The normalized spacial score (nSPS) is 37.2. The average molecular weight is 390 g/mol. The third-order valence-corrected chi connectivity index (χ3v) is 7.12. The maximum atomic E-state index is 12.4. The number of allylic oxidation sites excluding steroid dienone is 1. The number of halogens is 1. The standard InChI is InChI=1S/C21H26ClN2O3/c1-12-4-9-16-19(21(16,2)3)20(12)26-18-10-15(17(11-23)24(25)27-18)13-5-7-14(22)8-6-13/h5-8,12,15-16,18-20,23H,4,9-10H2,1-3H3/q+1/t12-,15-,16+,18+,19+,20+/m0/s1. The lowest BCUT2D eigenvalue weighted by molar-refractivity contribution is -0.802. The topological polar surface area (TPSA) is 62.4 Å². The van der Waals surface area contributed by atoms with Crippen LogP contribution in [0.15, 0.2) is 30.0 Å². The molecule has 0 amide bonds. The molecule has 6 atom stereocenters. The van der Waals surface area contributed by atoms with Crippen molar-refractivity contribution in [2.45, 2.75) is 58.3 Å². The first-order valence-electron chi connectivity index (χ1n) is 9.67. The van der Waals surface area contributed by atoms with Gasteiger partial charge in [0.15, 0.2) is 0 Å². The van der Waals surface area contributed by atoms with Gasteiger partial charge in [-0.05, 0) is 53.7 Å². The highest BCUT2D eigenvalue weighted by molar-refractivity contribution is 6.30. The van der Waals surface area contributed by atoms with Crippen LogP contribution >= 0.6 is 11.6 Å². The van der Waals surface area contributed by atoms with E-state index in [1.165, 1.54) is 6.42 Å². The molecule has 1 aromatic carbocycles. The Morgan fingerprint density at radius 2 is 2.00 bits per heavy atom. The van der Waals surface area contributed by atoms with Gasteiger partial charge >= 0.3 is 5.70 Å². The molecule has 1 aliphatic heterocycles. The number of ether oxygens (including phenoxy) is 1. The van der Waals surface area contributed by atoms with E-state index in [2.05, 4.69) is 26.6 Å². The summed E-state index contributed by atoms with van der Waals surface area (Å²) in [6, 6.07) is 7.34. The molecule has 4 rings (SSSR count). The zero-order valence-corrected chi connectivity index (χ0v) is 16.7. The van der Waals surface area contributed by atoms with Crippen LogP contribution in [0.4, 0.5) is 0 Å². The zero-order valence-electron chi connectivity index (χ0n) is 15.9. The zero-order chi connectivity index (χ0) is 19.3. The molecule has 27 heavy (non-hydrogen) atoms. The predicted molar refractivity (Wildman–Crippen MR) is 103 cm³/mol. The van der Waals surface area contributed by atoms with Gasteiger partial charge in [-0.3, -0.25) is 5.41 Å². The Morgan fingerprint density at radius 3 is 2.67 bits per heavy atom. The number of rotatable bonds is 3. The summed E-state index contributed by atoms with van der Waals surface area (Å²) in [6.45, 7) is 6.85. The van der Waals surface area contributed by atoms with E-state index in [-0.39, 0.29) is 17.7 Å². The van der Waals surface area contributed by atoms with Crippen molar-refractivity contribution in [1.82, 2.24) is 0 Å². The number of hydrogen-bond acceptors (Lipinski definition) is 4. The van der Waals surface area contributed by atoms with Crippen molar-refractivity contribution >= 4 is 17.5 Å². The largest absolute Gasteiger partial charge is 0.361 e. The van der Waals surface area contributed by atoms with Crippen LogP contribution in [0, 0.1) is 33.5 Å². The van der Waals surface area contributed by atoms with Crippen LogP contribution in [0.2, 0.25) is 5.02 Å². The molecule has 0 spiro atoms. The molecule has 1 N–H and O–H groups in total. The van der Waals surface area contributed by atoms with Crippen LogP contribution in [-0.2, 0) is 9.57 Å². The van der Waals surface area contributed by atoms with Gasteiger partial charge < -0.3 is 4.74 Å². The average Bonchev–Trinajstić information content (AvgIpc) is 3.19. The van der Waals surface area contributed by atoms with Gasteiger partial charge in [0.05, 0.1) is 22.8 Å². The van der Waals surface area contributed by atoms with E-state index in [1.807, 2.05) is 12.1 Å². The lowest BCUT2D eigenvalue weighted by Gasteiger charge is -2.32. The minimum absolute atomic E-state index is 0.105. The number of hydrogen-bond donors (Lipinski definition) is 1. The lowest BCUT2D eigenvalue weighted by Crippen LogP contribution is -2.40. The smallest absolute Gasteiger partial charge is 0.334 e. The fraction of sp³-hybridized carbons (Fsp3) is 0.619. The molecule has 5 nitrogen and oxygen atoms in total. The summed E-state index contributed by atoms with van der Waals surface area (Å²) >= 11 is 5.99. The van der Waals surface area contributed by atoms with Gasteiger partial charge in [-0.15, -0.1) is 0 Å².